The molecule has 156 valence electrons. The van der Waals surface area contributed by atoms with Crippen LogP contribution in [0.25, 0.3) is 0 Å². The maximum Gasteiger partial charge on any atom is 0.302 e. The molecule has 0 spiro atoms. The number of aliphatic hydroxyl groups is 1. The van der Waals surface area contributed by atoms with E-state index in [1.165, 1.54) is 32.6 Å². The van der Waals surface area contributed by atoms with E-state index in [0.29, 0.717) is 12.5 Å². The summed E-state index contributed by atoms with van der Waals surface area (Å²) in [5.74, 6) is 3.88. The molecule has 0 aliphatic heterocycles. The van der Waals surface area contributed by atoms with E-state index in [2.05, 4.69) is 32.4 Å². The van der Waals surface area contributed by atoms with E-state index in [9.17, 15) is 9.90 Å². The zero-order valence-electron chi connectivity index (χ0n) is 18.3. The highest BCUT2D eigenvalue weighted by Gasteiger charge is 2.51. The lowest BCUT2D eigenvalue weighted by atomic mass is 9.70. The van der Waals surface area contributed by atoms with Crippen molar-refractivity contribution >= 4 is 5.97 Å². The molecule has 2 fully saturated rings. The van der Waals surface area contributed by atoms with Crippen molar-refractivity contribution in [3.8, 4) is 0 Å². The smallest absolute Gasteiger partial charge is 0.302 e. The summed E-state index contributed by atoms with van der Waals surface area (Å²) in [4.78, 5) is 9.82. The lowest BCUT2D eigenvalue weighted by Gasteiger charge is -2.36. The number of carbonyl (C=O) groups is 1. The SMILES string of the molecule is CCCC(CC)C1C2CC(O)C(C2)C1C.CCCOC.CCOC(C)=O. The number of esters is 1. The Bertz CT molecular complexity index is 354. The van der Waals surface area contributed by atoms with Gasteiger partial charge in [-0.05, 0) is 55.8 Å². The van der Waals surface area contributed by atoms with E-state index in [-0.39, 0.29) is 12.1 Å². The molecule has 0 aromatic carbocycles. The van der Waals surface area contributed by atoms with Gasteiger partial charge in [0.05, 0.1) is 12.7 Å². The fourth-order valence-electron chi connectivity index (χ4n) is 4.94. The molecule has 2 bridgehead atoms. The van der Waals surface area contributed by atoms with Crippen molar-refractivity contribution in [1.29, 1.82) is 0 Å². The topological polar surface area (TPSA) is 55.8 Å². The monoisotopic (exact) mass is 372 g/mol. The predicted octanol–water partition coefficient (Wildman–Crippen LogP) is 5.08. The average Bonchev–Trinajstić information content (AvgIpc) is 3.11. The van der Waals surface area contributed by atoms with Crippen LogP contribution in [-0.4, -0.2) is 37.5 Å². The van der Waals surface area contributed by atoms with E-state index < -0.39 is 0 Å². The summed E-state index contributed by atoms with van der Waals surface area (Å²) in [7, 11) is 1.71. The normalized spacial score (nSPS) is 29.9. The summed E-state index contributed by atoms with van der Waals surface area (Å²) in [6.45, 7) is 13.7. The average molecular weight is 373 g/mol. The Balaban J connectivity index is 0.000000474. The minimum atomic E-state index is -0.211. The molecule has 6 atom stereocenters. The molecule has 6 unspecified atom stereocenters. The van der Waals surface area contributed by atoms with Gasteiger partial charge in [0, 0.05) is 20.6 Å². The first-order valence-electron chi connectivity index (χ1n) is 10.7. The van der Waals surface area contributed by atoms with Crippen LogP contribution in [0.3, 0.4) is 0 Å². The lowest BCUT2D eigenvalue weighted by molar-refractivity contribution is -0.140. The Morgan fingerprint density at radius 3 is 2.08 bits per heavy atom. The van der Waals surface area contributed by atoms with E-state index in [4.69, 9.17) is 4.74 Å². The van der Waals surface area contributed by atoms with Crippen molar-refractivity contribution in [2.75, 3.05) is 20.3 Å². The summed E-state index contributed by atoms with van der Waals surface area (Å²) in [5, 5.41) is 9.89. The molecule has 0 amide bonds. The number of carbonyl (C=O) groups excluding carboxylic acids is 1. The molecule has 0 radical (unpaired) electrons. The fourth-order valence-corrected chi connectivity index (χ4v) is 4.94. The van der Waals surface area contributed by atoms with Crippen molar-refractivity contribution < 1.29 is 19.4 Å². The van der Waals surface area contributed by atoms with Crippen molar-refractivity contribution in [2.24, 2.45) is 29.6 Å². The molecule has 2 aliphatic rings. The van der Waals surface area contributed by atoms with Gasteiger partial charge in [-0.15, -0.1) is 0 Å². The van der Waals surface area contributed by atoms with Gasteiger partial charge < -0.3 is 14.6 Å². The third kappa shape index (κ3) is 8.39. The van der Waals surface area contributed by atoms with Gasteiger partial charge in [0.15, 0.2) is 0 Å². The highest BCUT2D eigenvalue weighted by molar-refractivity contribution is 5.65. The predicted molar refractivity (Wildman–Crippen MR) is 108 cm³/mol. The number of aliphatic hydroxyl groups excluding tert-OH is 1. The first-order valence-corrected chi connectivity index (χ1v) is 10.7. The van der Waals surface area contributed by atoms with Crippen molar-refractivity contribution in [1.82, 2.24) is 0 Å². The highest BCUT2D eigenvalue weighted by Crippen LogP contribution is 2.55. The number of ether oxygens (including phenoxy) is 2. The van der Waals surface area contributed by atoms with Crippen molar-refractivity contribution in [3.05, 3.63) is 0 Å². The lowest BCUT2D eigenvalue weighted by Crippen LogP contribution is -2.33. The van der Waals surface area contributed by atoms with Crippen LogP contribution in [0.15, 0.2) is 0 Å². The van der Waals surface area contributed by atoms with Crippen LogP contribution in [0.2, 0.25) is 0 Å². The second-order valence-electron chi connectivity index (χ2n) is 7.77. The third-order valence-electron chi connectivity index (χ3n) is 5.92. The quantitative estimate of drug-likeness (QED) is 0.633. The largest absolute Gasteiger partial charge is 0.466 e. The van der Waals surface area contributed by atoms with Crippen LogP contribution < -0.4 is 0 Å². The van der Waals surface area contributed by atoms with E-state index in [0.717, 1.165) is 43.1 Å². The summed E-state index contributed by atoms with van der Waals surface area (Å²) < 4.78 is 9.09. The van der Waals surface area contributed by atoms with Gasteiger partial charge in [-0.3, -0.25) is 4.79 Å². The molecule has 4 heteroatoms. The van der Waals surface area contributed by atoms with E-state index >= 15 is 0 Å². The Kier molecular flexibility index (Phi) is 14.1. The van der Waals surface area contributed by atoms with Crippen molar-refractivity contribution in [3.63, 3.8) is 0 Å². The first-order chi connectivity index (χ1) is 12.4. The number of rotatable bonds is 7. The molecular weight excluding hydrogens is 328 g/mol. The maximum absolute atomic E-state index is 9.89. The van der Waals surface area contributed by atoms with Crippen molar-refractivity contribution in [2.45, 2.75) is 86.2 Å². The van der Waals surface area contributed by atoms with Gasteiger partial charge in [0.25, 0.3) is 0 Å². The molecule has 2 saturated carbocycles. The van der Waals surface area contributed by atoms with Gasteiger partial charge in [0.1, 0.15) is 0 Å². The minimum absolute atomic E-state index is 0.0281. The minimum Gasteiger partial charge on any atom is -0.466 e. The van der Waals surface area contributed by atoms with Crippen LogP contribution >= 0.6 is 0 Å². The van der Waals surface area contributed by atoms with Crippen LogP contribution in [0, 0.1) is 29.6 Å². The van der Waals surface area contributed by atoms with Gasteiger partial charge in [-0.2, -0.15) is 0 Å². The number of hydrogen-bond donors (Lipinski definition) is 1. The van der Waals surface area contributed by atoms with Gasteiger partial charge in [-0.1, -0.05) is 47.0 Å². The summed E-state index contributed by atoms with van der Waals surface area (Å²) in [6.07, 6.45) is 7.61. The van der Waals surface area contributed by atoms with Gasteiger partial charge >= 0.3 is 5.97 Å². The maximum atomic E-state index is 9.89. The fraction of sp³-hybridized carbons (Fsp3) is 0.955. The van der Waals surface area contributed by atoms with Gasteiger partial charge in [0.2, 0.25) is 0 Å². The number of methoxy groups -OCH3 is 1. The molecular formula is C22H44O4. The molecule has 0 heterocycles. The Labute approximate surface area is 162 Å². The van der Waals surface area contributed by atoms with E-state index in [1.807, 2.05) is 0 Å². The van der Waals surface area contributed by atoms with Crippen LogP contribution in [-0.2, 0) is 14.3 Å². The third-order valence-corrected chi connectivity index (χ3v) is 5.92. The zero-order valence-corrected chi connectivity index (χ0v) is 18.3. The molecule has 26 heavy (non-hydrogen) atoms. The summed E-state index contributed by atoms with van der Waals surface area (Å²) in [5.41, 5.74) is 0. The van der Waals surface area contributed by atoms with Crippen LogP contribution in [0.1, 0.15) is 80.1 Å². The van der Waals surface area contributed by atoms with Crippen LogP contribution in [0.4, 0.5) is 0 Å². The molecule has 0 saturated heterocycles. The molecule has 0 aromatic heterocycles. The number of fused-ring (bicyclic) bond motifs is 2. The molecule has 2 rings (SSSR count). The molecule has 1 N–H and O–H groups in total. The Hall–Kier alpha value is -0.610. The summed E-state index contributed by atoms with van der Waals surface area (Å²) >= 11 is 0. The second kappa shape index (κ2) is 14.4. The first kappa shape index (κ1) is 25.4. The molecule has 0 aromatic rings. The molecule has 4 nitrogen and oxygen atoms in total. The Morgan fingerprint density at radius 1 is 1.15 bits per heavy atom. The highest BCUT2D eigenvalue weighted by atomic mass is 16.5. The second-order valence-corrected chi connectivity index (χ2v) is 7.77. The summed E-state index contributed by atoms with van der Waals surface area (Å²) in [6, 6.07) is 0. The van der Waals surface area contributed by atoms with Gasteiger partial charge in [-0.25, -0.2) is 0 Å². The van der Waals surface area contributed by atoms with E-state index in [1.54, 1.807) is 14.0 Å². The van der Waals surface area contributed by atoms with Crippen LogP contribution in [0.5, 0.6) is 0 Å². The molecule has 2 aliphatic carbocycles. The zero-order chi connectivity index (χ0) is 20.1. The Morgan fingerprint density at radius 2 is 1.81 bits per heavy atom. The number of hydrogen-bond acceptors (Lipinski definition) is 4. The standard InChI is InChI=1S/C14H26O.C4H8O2.C4H10O/c1-4-6-10(5-2)14-9(3)12-7-11(14)8-13(12)15;1-3-6-4(2)5;1-3-4-5-2/h9-15H,4-8H2,1-3H3;3H2,1-2H3;3-4H2,1-2H3.